The zero-order valence-electron chi connectivity index (χ0n) is 15.4. The van der Waals surface area contributed by atoms with Gasteiger partial charge in [-0.25, -0.2) is 9.97 Å². The minimum absolute atomic E-state index is 0.590. The zero-order valence-corrected chi connectivity index (χ0v) is 17.1. The molecule has 0 radical (unpaired) electrons. The van der Waals surface area contributed by atoms with Crippen LogP contribution in [-0.4, -0.2) is 27.4 Å². The van der Waals surface area contributed by atoms with Crippen LogP contribution in [0.1, 0.15) is 18.9 Å². The van der Waals surface area contributed by atoms with Crippen molar-refractivity contribution in [2.24, 2.45) is 0 Å². The lowest BCUT2D eigenvalue weighted by Crippen LogP contribution is -2.05. The Kier molecular flexibility index (Phi) is 6.63. The summed E-state index contributed by atoms with van der Waals surface area (Å²) in [6.45, 7) is 3.94. The number of benzene rings is 1. The molecule has 27 heavy (non-hydrogen) atoms. The summed E-state index contributed by atoms with van der Waals surface area (Å²) in [7, 11) is 1.56. The van der Waals surface area contributed by atoms with Gasteiger partial charge in [0.25, 0.3) is 0 Å². The molecule has 0 aliphatic rings. The van der Waals surface area contributed by atoms with Gasteiger partial charge in [0, 0.05) is 23.5 Å². The van der Waals surface area contributed by atoms with E-state index in [2.05, 4.69) is 21.5 Å². The van der Waals surface area contributed by atoms with Crippen LogP contribution in [0.3, 0.4) is 0 Å². The normalized spacial score (nSPS) is 13.4. The van der Waals surface area contributed by atoms with Crippen molar-refractivity contribution in [2.45, 2.75) is 18.7 Å². The van der Waals surface area contributed by atoms with Crippen molar-refractivity contribution >= 4 is 38.4 Å². The molecule has 5 nitrogen and oxygen atoms in total. The highest BCUT2D eigenvalue weighted by atomic mass is 32.2. The summed E-state index contributed by atoms with van der Waals surface area (Å²) < 4.78 is 13.4. The molecule has 7 heteroatoms. The fourth-order valence-corrected chi connectivity index (χ4v) is 4.48. The van der Waals surface area contributed by atoms with Gasteiger partial charge in [0.05, 0.1) is 11.8 Å². The number of hydrogen-bond acceptors (Lipinski definition) is 6. The van der Waals surface area contributed by atoms with E-state index in [0.717, 1.165) is 37.0 Å². The smallest absolute Gasteiger partial charge is 0.170 e. The number of thiazole rings is 1. The van der Waals surface area contributed by atoms with E-state index in [-0.39, 0.29) is 0 Å². The van der Waals surface area contributed by atoms with E-state index < -0.39 is 11.2 Å². The van der Waals surface area contributed by atoms with Crippen molar-refractivity contribution in [1.29, 1.82) is 0 Å². The molecule has 0 bridgehead atoms. The summed E-state index contributed by atoms with van der Waals surface area (Å²) in [6.07, 6.45) is 7.33. The quantitative estimate of drug-likeness (QED) is 0.358. The molecule has 3 rings (SSSR count). The predicted molar refractivity (Wildman–Crippen MR) is 113 cm³/mol. The molecule has 1 aromatic carbocycles. The Hall–Kier alpha value is -2.19. The monoisotopic (exact) mass is 399 g/mol. The summed E-state index contributed by atoms with van der Waals surface area (Å²) in [5, 5.41) is 0.919. The van der Waals surface area contributed by atoms with Crippen molar-refractivity contribution < 1.29 is 9.39 Å². The van der Waals surface area contributed by atoms with Gasteiger partial charge >= 0.3 is 0 Å². The highest BCUT2D eigenvalue weighted by Gasteiger charge is 2.16. The van der Waals surface area contributed by atoms with Crippen molar-refractivity contribution in [2.75, 3.05) is 12.9 Å². The maximum atomic E-state index is 12.4. The lowest BCUT2D eigenvalue weighted by Gasteiger charge is -2.12. The third kappa shape index (κ3) is 4.56. The third-order valence-corrected chi connectivity index (χ3v) is 6.42. The summed E-state index contributed by atoms with van der Waals surface area (Å²) in [6, 6.07) is 9.87. The van der Waals surface area contributed by atoms with Crippen LogP contribution in [0, 0.1) is 0 Å². The zero-order chi connectivity index (χ0) is 19.2. The lowest BCUT2D eigenvalue weighted by molar-refractivity contribution is 0.128. The van der Waals surface area contributed by atoms with Crippen LogP contribution in [0.4, 0.5) is 0 Å². The van der Waals surface area contributed by atoms with E-state index >= 15 is 0 Å². The lowest BCUT2D eigenvalue weighted by atomic mass is 10.1. The molecule has 0 fully saturated rings. The average Bonchev–Trinajstić information content (AvgIpc) is 3.14. The van der Waals surface area contributed by atoms with E-state index in [1.54, 1.807) is 30.8 Å². The van der Waals surface area contributed by atoms with E-state index in [1.807, 2.05) is 50.3 Å². The average molecular weight is 400 g/mol. The summed E-state index contributed by atoms with van der Waals surface area (Å²) in [4.78, 5) is 14.7. The largest absolute Gasteiger partial charge is 0.611 e. The highest BCUT2D eigenvalue weighted by molar-refractivity contribution is 7.91. The van der Waals surface area contributed by atoms with Crippen molar-refractivity contribution in [1.82, 2.24) is 15.4 Å². The highest BCUT2D eigenvalue weighted by Crippen LogP contribution is 2.32. The van der Waals surface area contributed by atoms with Crippen LogP contribution < -0.4 is 5.48 Å². The molecule has 0 aliphatic carbocycles. The molecular weight excluding hydrogens is 378 g/mol. The molecule has 0 aliphatic heterocycles. The topological polar surface area (TPSA) is 70.1 Å². The minimum atomic E-state index is -1.02. The molecule has 1 atom stereocenters. The van der Waals surface area contributed by atoms with Crippen LogP contribution in [0.5, 0.6) is 0 Å². The van der Waals surface area contributed by atoms with Gasteiger partial charge in [0.1, 0.15) is 10.8 Å². The van der Waals surface area contributed by atoms with Crippen molar-refractivity contribution in [3.8, 4) is 11.1 Å². The van der Waals surface area contributed by atoms with Gasteiger partial charge in [-0.2, -0.15) is 0 Å². The Balaban J connectivity index is 1.96. The first-order valence-corrected chi connectivity index (χ1v) is 10.6. The first-order chi connectivity index (χ1) is 13.1. The maximum Gasteiger partial charge on any atom is 0.170 e. The number of pyridine rings is 1. The number of rotatable bonds is 7. The predicted octanol–water partition coefficient (Wildman–Crippen LogP) is 4.55. The number of aromatic nitrogens is 2. The molecule has 140 valence electrons. The van der Waals surface area contributed by atoms with Crippen LogP contribution >= 0.6 is 11.3 Å². The van der Waals surface area contributed by atoms with Gasteiger partial charge in [-0.1, -0.05) is 18.2 Å². The Labute approximate surface area is 166 Å². The van der Waals surface area contributed by atoms with Gasteiger partial charge in [-0.3, -0.25) is 10.3 Å². The third-order valence-electron chi connectivity index (χ3n) is 3.92. The molecule has 0 saturated heterocycles. The Bertz CT molecular complexity index is 982. The number of hydrogen-bond donors (Lipinski definition) is 1. The van der Waals surface area contributed by atoms with Crippen LogP contribution in [0.25, 0.3) is 27.0 Å². The standard InChI is InChI=1S/C20H21N3O2S2/c1-4-27(24)18-10-6-5-9-16(18)15-12-17-19(21-13-15)23-20(26-17)14(2)8-7-11-22-25-3/h5-13,22H,4H2,1-3H3/b11-7-,14-8+. The first-order valence-electron chi connectivity index (χ1n) is 8.50. The number of nitrogens with one attached hydrogen (secondary N) is 1. The number of nitrogens with zero attached hydrogens (tertiary/aromatic N) is 2. The van der Waals surface area contributed by atoms with E-state index in [4.69, 9.17) is 4.84 Å². The van der Waals surface area contributed by atoms with Crippen molar-refractivity contribution in [3.63, 3.8) is 0 Å². The molecule has 0 spiro atoms. The summed E-state index contributed by atoms with van der Waals surface area (Å²) >= 11 is 0.578. The Morgan fingerprint density at radius 1 is 1.37 bits per heavy atom. The van der Waals surface area contributed by atoms with Crippen molar-refractivity contribution in [3.05, 3.63) is 59.9 Å². The van der Waals surface area contributed by atoms with Gasteiger partial charge in [0.2, 0.25) is 0 Å². The fourth-order valence-electron chi connectivity index (χ4n) is 2.57. The molecule has 0 amide bonds. The van der Waals surface area contributed by atoms with Crippen LogP contribution in [0.15, 0.2) is 59.8 Å². The van der Waals surface area contributed by atoms with Gasteiger partial charge < -0.3 is 4.55 Å². The van der Waals surface area contributed by atoms with E-state index in [9.17, 15) is 4.55 Å². The first kappa shape index (κ1) is 19.6. The van der Waals surface area contributed by atoms with Gasteiger partial charge in [-0.05, 0) is 54.9 Å². The molecule has 1 unspecified atom stereocenters. The molecular formula is C20H21N3O2S2. The summed E-state index contributed by atoms with van der Waals surface area (Å²) in [5.74, 6) is 0.590. The van der Waals surface area contributed by atoms with Crippen LogP contribution in [-0.2, 0) is 16.0 Å². The SMILES string of the molecule is CC[S+]([O-])c1ccccc1-c1cnc2nc(/C(C)=C/C=C\NOC)sc2c1. The number of fused-ring (bicyclic) bond motifs is 1. The van der Waals surface area contributed by atoms with Gasteiger partial charge in [-0.15, -0.1) is 11.3 Å². The number of allylic oxidation sites excluding steroid dienone is 3. The molecule has 1 N–H and O–H groups in total. The second-order valence-corrected chi connectivity index (χ2v) is 8.46. The van der Waals surface area contributed by atoms with E-state index in [1.165, 1.54) is 0 Å². The molecule has 3 aromatic rings. The summed E-state index contributed by atoms with van der Waals surface area (Å²) in [5.41, 5.74) is 6.33. The maximum absolute atomic E-state index is 12.4. The number of hydroxylamine groups is 1. The molecule has 0 saturated carbocycles. The minimum Gasteiger partial charge on any atom is -0.611 e. The van der Waals surface area contributed by atoms with Gasteiger partial charge in [0.15, 0.2) is 10.5 Å². The second-order valence-electron chi connectivity index (χ2n) is 5.73. The second kappa shape index (κ2) is 9.14. The van der Waals surface area contributed by atoms with E-state index in [0.29, 0.717) is 5.75 Å². The van der Waals surface area contributed by atoms with Crippen LogP contribution in [0.2, 0.25) is 0 Å². The fraction of sp³-hybridized carbons (Fsp3) is 0.200. The molecule has 2 heterocycles. The Morgan fingerprint density at radius 3 is 2.96 bits per heavy atom. The molecule has 2 aromatic heterocycles. The Morgan fingerprint density at radius 2 is 2.19 bits per heavy atom.